The number of anilines is 1. The molecule has 1 aliphatic heterocycles. The van der Waals surface area contributed by atoms with Crippen molar-refractivity contribution in [2.75, 3.05) is 18.5 Å². The Kier molecular flexibility index (Phi) is 7.16. The number of nitrogens with one attached hydrogen (secondary N) is 2. The lowest BCUT2D eigenvalue weighted by Gasteiger charge is -2.20. The first-order valence-electron chi connectivity index (χ1n) is 10.8. The maximum Gasteiger partial charge on any atom is 0.311 e. The lowest BCUT2D eigenvalue weighted by Crippen LogP contribution is -2.43. The number of benzene rings is 2. The fraction of sp³-hybridized carbons (Fsp3) is 0.360. The molecule has 0 aromatic heterocycles. The van der Waals surface area contributed by atoms with Crippen LogP contribution >= 0.6 is 0 Å². The molecule has 3 rings (SSSR count). The highest BCUT2D eigenvalue weighted by molar-refractivity contribution is 5.97. The summed E-state index contributed by atoms with van der Waals surface area (Å²) in [6.45, 7) is 7.63. The molecule has 1 heterocycles. The number of para-hydroxylation sites is 1. The number of rotatable bonds is 6. The van der Waals surface area contributed by atoms with Crippen molar-refractivity contribution in [2.45, 2.75) is 39.5 Å². The van der Waals surface area contributed by atoms with E-state index in [1.54, 1.807) is 24.3 Å². The minimum Gasteiger partial charge on any atom is -0.455 e. The molecule has 174 valence electrons. The van der Waals surface area contributed by atoms with Crippen LogP contribution in [0.3, 0.4) is 0 Å². The van der Waals surface area contributed by atoms with Gasteiger partial charge in [0.2, 0.25) is 5.91 Å². The van der Waals surface area contributed by atoms with Crippen molar-refractivity contribution in [1.82, 2.24) is 10.4 Å². The summed E-state index contributed by atoms with van der Waals surface area (Å²) < 4.78 is 5.09. The lowest BCUT2D eigenvalue weighted by atomic mass is 9.87. The molecule has 1 saturated heterocycles. The summed E-state index contributed by atoms with van der Waals surface area (Å²) in [7, 11) is 0. The molecule has 2 aromatic carbocycles. The summed E-state index contributed by atoms with van der Waals surface area (Å²) in [4.78, 5) is 49.2. The number of hydrogen-bond acceptors (Lipinski definition) is 5. The highest BCUT2D eigenvalue weighted by atomic mass is 16.5. The largest absolute Gasteiger partial charge is 0.455 e. The van der Waals surface area contributed by atoms with Crippen LogP contribution in [-0.4, -0.2) is 41.9 Å². The standard InChI is InChI=1S/C25H29N3O5/c1-16-7-5-6-8-20(16)26-21(29)15-33-24(32)18-13-22(30)28(14-18)27-23(31)17-9-11-19(12-10-17)25(2,3)4/h5-12,18H,13-15H2,1-4H3,(H,26,29)(H,27,31)/t18-/m0/s1. The van der Waals surface area contributed by atoms with Crippen LogP contribution in [0.4, 0.5) is 5.69 Å². The van der Waals surface area contributed by atoms with Crippen LogP contribution in [0.15, 0.2) is 48.5 Å². The summed E-state index contributed by atoms with van der Waals surface area (Å²) in [6, 6.07) is 14.4. The van der Waals surface area contributed by atoms with Crippen LogP contribution in [-0.2, 0) is 24.5 Å². The van der Waals surface area contributed by atoms with Gasteiger partial charge < -0.3 is 10.1 Å². The molecule has 0 saturated carbocycles. The maximum absolute atomic E-state index is 12.5. The minimum absolute atomic E-state index is 0.0110. The molecule has 0 radical (unpaired) electrons. The smallest absolute Gasteiger partial charge is 0.311 e. The first kappa shape index (κ1) is 24.0. The Bertz CT molecular complexity index is 1060. The number of carbonyl (C=O) groups is 4. The van der Waals surface area contributed by atoms with Crippen LogP contribution < -0.4 is 10.7 Å². The average Bonchev–Trinajstić information content (AvgIpc) is 3.13. The monoisotopic (exact) mass is 451 g/mol. The molecule has 2 N–H and O–H groups in total. The van der Waals surface area contributed by atoms with Crippen LogP contribution in [0.1, 0.15) is 48.7 Å². The van der Waals surface area contributed by atoms with E-state index in [0.717, 1.165) is 16.1 Å². The zero-order valence-electron chi connectivity index (χ0n) is 19.3. The van der Waals surface area contributed by atoms with Gasteiger partial charge in [-0.05, 0) is 41.7 Å². The predicted octanol–water partition coefficient (Wildman–Crippen LogP) is 2.97. The molecule has 0 unspecified atom stereocenters. The topological polar surface area (TPSA) is 105 Å². The Morgan fingerprint density at radius 2 is 1.73 bits per heavy atom. The Morgan fingerprint density at radius 3 is 2.36 bits per heavy atom. The fourth-order valence-electron chi connectivity index (χ4n) is 3.44. The molecule has 33 heavy (non-hydrogen) atoms. The number of hydrogen-bond donors (Lipinski definition) is 2. The van der Waals surface area contributed by atoms with Gasteiger partial charge in [-0.15, -0.1) is 0 Å². The number of esters is 1. The lowest BCUT2D eigenvalue weighted by molar-refractivity contribution is -0.151. The molecule has 8 heteroatoms. The number of ether oxygens (including phenoxy) is 1. The second-order valence-corrected chi connectivity index (χ2v) is 9.14. The van der Waals surface area contributed by atoms with E-state index in [2.05, 4.69) is 31.5 Å². The van der Waals surface area contributed by atoms with Gasteiger partial charge in [0, 0.05) is 17.7 Å². The predicted molar refractivity (Wildman–Crippen MR) is 123 cm³/mol. The number of nitrogens with zero attached hydrogens (tertiary/aromatic N) is 1. The third-order valence-corrected chi connectivity index (χ3v) is 5.47. The van der Waals surface area contributed by atoms with Gasteiger partial charge in [0.05, 0.1) is 12.5 Å². The summed E-state index contributed by atoms with van der Waals surface area (Å²) in [5.41, 5.74) is 5.54. The molecule has 0 aliphatic carbocycles. The van der Waals surface area contributed by atoms with E-state index < -0.39 is 30.3 Å². The molecule has 3 amide bonds. The Balaban J connectivity index is 1.50. The van der Waals surface area contributed by atoms with Crippen LogP contribution in [0.5, 0.6) is 0 Å². The van der Waals surface area contributed by atoms with Crippen molar-refractivity contribution < 1.29 is 23.9 Å². The average molecular weight is 452 g/mol. The van der Waals surface area contributed by atoms with Gasteiger partial charge in [0.25, 0.3) is 11.8 Å². The number of hydrazine groups is 1. The quantitative estimate of drug-likeness (QED) is 0.657. The summed E-state index contributed by atoms with van der Waals surface area (Å²) in [6.07, 6.45) is -0.0957. The van der Waals surface area contributed by atoms with E-state index in [1.165, 1.54) is 0 Å². The Morgan fingerprint density at radius 1 is 1.06 bits per heavy atom. The van der Waals surface area contributed by atoms with Gasteiger partial charge in [-0.25, -0.2) is 0 Å². The molecule has 0 bridgehead atoms. The van der Waals surface area contributed by atoms with E-state index in [4.69, 9.17) is 4.74 Å². The highest BCUT2D eigenvalue weighted by Crippen LogP contribution is 2.23. The van der Waals surface area contributed by atoms with Crippen molar-refractivity contribution in [3.8, 4) is 0 Å². The Hall–Kier alpha value is -3.68. The normalized spacial score (nSPS) is 15.8. The van der Waals surface area contributed by atoms with Gasteiger partial charge in [0.1, 0.15) is 0 Å². The maximum atomic E-state index is 12.5. The van der Waals surface area contributed by atoms with E-state index >= 15 is 0 Å². The zero-order valence-corrected chi connectivity index (χ0v) is 19.3. The van der Waals surface area contributed by atoms with E-state index in [1.807, 2.05) is 31.2 Å². The molecule has 2 aromatic rings. The molecule has 1 aliphatic rings. The van der Waals surface area contributed by atoms with Crippen molar-refractivity contribution >= 4 is 29.4 Å². The summed E-state index contributed by atoms with van der Waals surface area (Å²) in [5.74, 6) is -2.70. The summed E-state index contributed by atoms with van der Waals surface area (Å²) in [5, 5.41) is 3.80. The molecule has 8 nitrogen and oxygen atoms in total. The second-order valence-electron chi connectivity index (χ2n) is 9.14. The van der Waals surface area contributed by atoms with Crippen molar-refractivity contribution in [2.24, 2.45) is 5.92 Å². The summed E-state index contributed by atoms with van der Waals surface area (Å²) >= 11 is 0. The first-order chi connectivity index (χ1) is 15.5. The number of carbonyl (C=O) groups excluding carboxylic acids is 4. The molecule has 1 atom stereocenters. The van der Waals surface area contributed by atoms with Crippen LogP contribution in [0.2, 0.25) is 0 Å². The van der Waals surface area contributed by atoms with Gasteiger partial charge >= 0.3 is 5.97 Å². The van der Waals surface area contributed by atoms with Gasteiger partial charge in [-0.2, -0.15) is 0 Å². The van der Waals surface area contributed by atoms with E-state index in [-0.39, 0.29) is 24.3 Å². The van der Waals surface area contributed by atoms with Crippen molar-refractivity contribution in [1.29, 1.82) is 0 Å². The third kappa shape index (κ3) is 6.19. The van der Waals surface area contributed by atoms with Crippen LogP contribution in [0.25, 0.3) is 0 Å². The molecule has 0 spiro atoms. The van der Waals surface area contributed by atoms with E-state index in [9.17, 15) is 19.2 Å². The Labute approximate surface area is 193 Å². The highest BCUT2D eigenvalue weighted by Gasteiger charge is 2.36. The zero-order chi connectivity index (χ0) is 24.2. The molecule has 1 fully saturated rings. The number of aryl methyl sites for hydroxylation is 1. The van der Waals surface area contributed by atoms with Gasteiger partial charge in [0.15, 0.2) is 6.61 Å². The second kappa shape index (κ2) is 9.85. The third-order valence-electron chi connectivity index (χ3n) is 5.47. The van der Waals surface area contributed by atoms with Crippen molar-refractivity contribution in [3.63, 3.8) is 0 Å². The number of amides is 3. The van der Waals surface area contributed by atoms with E-state index in [0.29, 0.717) is 11.3 Å². The van der Waals surface area contributed by atoms with Crippen LogP contribution in [0, 0.1) is 12.8 Å². The molecular weight excluding hydrogens is 422 g/mol. The fourth-order valence-corrected chi connectivity index (χ4v) is 3.44. The van der Waals surface area contributed by atoms with Crippen molar-refractivity contribution in [3.05, 3.63) is 65.2 Å². The minimum atomic E-state index is -0.757. The SMILES string of the molecule is Cc1ccccc1NC(=O)COC(=O)[C@H]1CC(=O)N(NC(=O)c2ccc(C(C)(C)C)cc2)C1. The molecular formula is C25H29N3O5. The van der Waals surface area contributed by atoms with Gasteiger partial charge in [-0.1, -0.05) is 51.1 Å². The van der Waals surface area contributed by atoms with Gasteiger partial charge in [-0.3, -0.25) is 29.6 Å². The first-order valence-corrected chi connectivity index (χ1v) is 10.8.